The molecule has 6 N–H and O–H groups in total. The SMILES string of the molecule is NNC(=O)c1cc(-c2ccc(C#Cc3ccc(C(=O)N4CCCC[C@H]4C(=O)O)cc3Cl)cc2)nc2cc(N)ncc12. The third-order valence-corrected chi connectivity index (χ3v) is 7.19. The number of carbonyl (C=O) groups is 3. The monoisotopic (exact) mass is 568 g/mol. The fourth-order valence-electron chi connectivity index (χ4n) is 4.76. The standard InChI is InChI=1S/C30H25ClN6O4/c31-23-13-20(29(39)37-12-2-1-3-26(37)30(40)41)11-10-18(23)7-4-17-5-8-19(9-6-17)24-14-21(28(38)36-33)22-16-34-27(32)15-25(22)35-24/h5-6,8-11,13-16,26H,1-3,12,33H2,(H2,32,34)(H,36,38)(H,40,41)/t26-/m0/s1. The van der Waals surface area contributed by atoms with Crippen LogP contribution in [0, 0.1) is 11.8 Å². The average molecular weight is 569 g/mol. The van der Waals surface area contributed by atoms with E-state index in [4.69, 9.17) is 23.2 Å². The van der Waals surface area contributed by atoms with Crippen LogP contribution in [0.2, 0.25) is 5.02 Å². The van der Waals surface area contributed by atoms with Gasteiger partial charge in [0.1, 0.15) is 11.9 Å². The van der Waals surface area contributed by atoms with Crippen molar-refractivity contribution in [3.05, 3.63) is 88.1 Å². The molecule has 2 amide bonds. The maximum absolute atomic E-state index is 13.0. The first-order valence-electron chi connectivity index (χ1n) is 12.8. The summed E-state index contributed by atoms with van der Waals surface area (Å²) in [5.74, 6) is 9.88. The highest BCUT2D eigenvalue weighted by atomic mass is 35.5. The smallest absolute Gasteiger partial charge is 0.326 e. The first-order chi connectivity index (χ1) is 19.7. The Morgan fingerprint density at radius 1 is 1.05 bits per heavy atom. The number of carboxylic acids is 1. The molecule has 1 fully saturated rings. The van der Waals surface area contributed by atoms with Crippen molar-refractivity contribution < 1.29 is 19.5 Å². The Labute approximate surface area is 240 Å². The zero-order valence-electron chi connectivity index (χ0n) is 21.7. The third-order valence-electron chi connectivity index (χ3n) is 6.88. The van der Waals surface area contributed by atoms with Gasteiger partial charge in [0.2, 0.25) is 0 Å². The number of piperidine rings is 1. The second kappa shape index (κ2) is 11.6. The molecule has 1 saturated heterocycles. The second-order valence-corrected chi connectivity index (χ2v) is 9.93. The highest BCUT2D eigenvalue weighted by molar-refractivity contribution is 6.32. The largest absolute Gasteiger partial charge is 0.480 e. The van der Waals surface area contributed by atoms with Crippen LogP contribution < -0.4 is 17.0 Å². The Kier molecular flexibility index (Phi) is 7.83. The number of carboxylic acid groups (broad SMARTS) is 1. The number of nitrogens with two attached hydrogens (primary N) is 2. The molecule has 0 bridgehead atoms. The topological polar surface area (TPSA) is 165 Å². The fourth-order valence-corrected chi connectivity index (χ4v) is 4.99. The number of fused-ring (bicyclic) bond motifs is 1. The number of pyridine rings is 2. The van der Waals surface area contributed by atoms with Crippen LogP contribution in [0.25, 0.3) is 22.2 Å². The van der Waals surface area contributed by atoms with Gasteiger partial charge in [-0.2, -0.15) is 0 Å². The lowest BCUT2D eigenvalue weighted by atomic mass is 10.0. The number of nitrogens with zero attached hydrogens (tertiary/aromatic N) is 3. The molecule has 2 aromatic carbocycles. The molecule has 0 radical (unpaired) electrons. The number of hydrogen-bond acceptors (Lipinski definition) is 7. The first kappa shape index (κ1) is 27.6. The molecule has 1 aliphatic heterocycles. The van der Waals surface area contributed by atoms with Crippen molar-refractivity contribution in [1.82, 2.24) is 20.3 Å². The van der Waals surface area contributed by atoms with Crippen LogP contribution in [-0.4, -0.2) is 50.3 Å². The summed E-state index contributed by atoms with van der Waals surface area (Å²) in [7, 11) is 0. The molecule has 2 aromatic heterocycles. The molecule has 3 heterocycles. The third kappa shape index (κ3) is 5.82. The number of hydrogen-bond donors (Lipinski definition) is 4. The molecule has 206 valence electrons. The molecule has 0 saturated carbocycles. The Hall–Kier alpha value is -4.98. The average Bonchev–Trinajstić information content (AvgIpc) is 2.99. The van der Waals surface area contributed by atoms with E-state index in [9.17, 15) is 19.5 Å². The summed E-state index contributed by atoms with van der Waals surface area (Å²) < 4.78 is 0. The van der Waals surface area contributed by atoms with Gasteiger partial charge in [-0.3, -0.25) is 15.0 Å². The number of amides is 2. The summed E-state index contributed by atoms with van der Waals surface area (Å²) in [6.45, 7) is 0.395. The molecular formula is C30H25ClN6O4. The number of halogens is 1. The van der Waals surface area contributed by atoms with E-state index in [1.807, 2.05) is 24.3 Å². The van der Waals surface area contributed by atoms with Gasteiger partial charge in [0.15, 0.2) is 0 Å². The highest BCUT2D eigenvalue weighted by Gasteiger charge is 2.32. The summed E-state index contributed by atoms with van der Waals surface area (Å²) in [5, 5.41) is 10.3. The van der Waals surface area contributed by atoms with Gasteiger partial charge in [0, 0.05) is 46.4 Å². The Morgan fingerprint density at radius 2 is 1.83 bits per heavy atom. The van der Waals surface area contributed by atoms with Gasteiger partial charge in [-0.05, 0) is 55.7 Å². The van der Waals surface area contributed by atoms with Crippen molar-refractivity contribution in [3.8, 4) is 23.1 Å². The Morgan fingerprint density at radius 3 is 2.54 bits per heavy atom. The molecule has 10 nitrogen and oxygen atoms in total. The van der Waals surface area contributed by atoms with Gasteiger partial charge in [-0.15, -0.1) is 0 Å². The number of aliphatic carboxylic acids is 1. The number of nitrogens with one attached hydrogen (secondary N) is 1. The van der Waals surface area contributed by atoms with Crippen molar-refractivity contribution in [2.75, 3.05) is 12.3 Å². The Balaban J connectivity index is 1.37. The highest BCUT2D eigenvalue weighted by Crippen LogP contribution is 2.26. The maximum Gasteiger partial charge on any atom is 0.326 e. The number of benzene rings is 2. The van der Waals surface area contributed by atoms with Crippen LogP contribution in [0.5, 0.6) is 0 Å². The first-order valence-corrected chi connectivity index (χ1v) is 13.2. The van der Waals surface area contributed by atoms with E-state index in [1.165, 1.54) is 17.2 Å². The van der Waals surface area contributed by atoms with E-state index >= 15 is 0 Å². The normalized spacial score (nSPS) is 14.7. The molecule has 11 heteroatoms. The van der Waals surface area contributed by atoms with Crippen molar-refractivity contribution in [2.24, 2.45) is 5.84 Å². The number of rotatable bonds is 4. The van der Waals surface area contributed by atoms with Crippen LogP contribution >= 0.6 is 11.6 Å². The summed E-state index contributed by atoms with van der Waals surface area (Å²) >= 11 is 6.44. The van der Waals surface area contributed by atoms with Crippen molar-refractivity contribution >= 4 is 46.1 Å². The second-order valence-electron chi connectivity index (χ2n) is 9.53. The number of anilines is 1. The molecule has 0 aliphatic carbocycles. The lowest BCUT2D eigenvalue weighted by molar-refractivity contribution is -0.143. The number of carbonyl (C=O) groups excluding carboxylic acids is 2. The minimum absolute atomic E-state index is 0.277. The molecular weight excluding hydrogens is 544 g/mol. The van der Waals surface area contributed by atoms with Gasteiger partial charge in [0.05, 0.1) is 21.8 Å². The van der Waals surface area contributed by atoms with Crippen LogP contribution in [0.1, 0.15) is 51.1 Å². The van der Waals surface area contributed by atoms with Gasteiger partial charge in [0.25, 0.3) is 11.8 Å². The lowest BCUT2D eigenvalue weighted by Crippen LogP contribution is -2.47. The van der Waals surface area contributed by atoms with Gasteiger partial charge in [-0.1, -0.05) is 35.6 Å². The maximum atomic E-state index is 13.0. The van der Waals surface area contributed by atoms with Crippen LogP contribution in [-0.2, 0) is 4.79 Å². The van der Waals surface area contributed by atoms with Gasteiger partial charge < -0.3 is 15.7 Å². The number of nitrogen functional groups attached to an aromatic ring is 2. The van der Waals surface area contributed by atoms with Crippen LogP contribution in [0.3, 0.4) is 0 Å². The fraction of sp³-hybridized carbons (Fsp3) is 0.167. The molecule has 1 atom stereocenters. The molecule has 1 aliphatic rings. The number of aromatic nitrogens is 2. The van der Waals surface area contributed by atoms with Gasteiger partial charge >= 0.3 is 5.97 Å². The van der Waals surface area contributed by atoms with E-state index in [1.54, 1.807) is 24.3 Å². The number of likely N-dealkylation sites (tertiary alicyclic amines) is 1. The minimum atomic E-state index is -1.00. The minimum Gasteiger partial charge on any atom is -0.480 e. The molecule has 41 heavy (non-hydrogen) atoms. The summed E-state index contributed by atoms with van der Waals surface area (Å²) in [4.78, 5) is 47.0. The van der Waals surface area contributed by atoms with Crippen LogP contribution in [0.15, 0.2) is 60.8 Å². The van der Waals surface area contributed by atoms with Gasteiger partial charge in [-0.25, -0.2) is 20.6 Å². The van der Waals surface area contributed by atoms with E-state index in [-0.39, 0.29) is 11.7 Å². The molecule has 0 unspecified atom stereocenters. The molecule has 4 aromatic rings. The summed E-state index contributed by atoms with van der Waals surface area (Å²) in [6, 6.07) is 14.5. The van der Waals surface area contributed by atoms with Crippen molar-refractivity contribution in [2.45, 2.75) is 25.3 Å². The molecule has 0 spiro atoms. The molecule has 5 rings (SSSR count). The van der Waals surface area contributed by atoms with E-state index in [2.05, 4.69) is 27.2 Å². The van der Waals surface area contributed by atoms with Crippen molar-refractivity contribution in [1.29, 1.82) is 0 Å². The van der Waals surface area contributed by atoms with E-state index in [0.29, 0.717) is 56.8 Å². The quantitative estimate of drug-likeness (QED) is 0.125. The lowest BCUT2D eigenvalue weighted by Gasteiger charge is -2.33. The number of hydrazine groups is 1. The predicted octanol–water partition coefficient (Wildman–Crippen LogP) is 3.62. The van der Waals surface area contributed by atoms with E-state index < -0.39 is 17.9 Å². The predicted molar refractivity (Wildman–Crippen MR) is 155 cm³/mol. The van der Waals surface area contributed by atoms with Crippen molar-refractivity contribution in [3.63, 3.8) is 0 Å². The zero-order chi connectivity index (χ0) is 29.1. The summed E-state index contributed by atoms with van der Waals surface area (Å²) in [6.07, 6.45) is 3.46. The zero-order valence-corrected chi connectivity index (χ0v) is 22.5. The summed E-state index contributed by atoms with van der Waals surface area (Å²) in [5.41, 5.74) is 11.6. The van der Waals surface area contributed by atoms with Crippen LogP contribution in [0.4, 0.5) is 5.82 Å². The van der Waals surface area contributed by atoms with E-state index in [0.717, 1.165) is 18.4 Å². The Bertz CT molecular complexity index is 1750.